The first-order chi connectivity index (χ1) is 15.3. The quantitative estimate of drug-likeness (QED) is 0.462. The van der Waals surface area contributed by atoms with Gasteiger partial charge in [-0.1, -0.05) is 61.9 Å². The number of nitrogens with zero attached hydrogens (tertiary/aromatic N) is 5. The zero-order chi connectivity index (χ0) is 21.2. The second kappa shape index (κ2) is 8.02. The van der Waals surface area contributed by atoms with E-state index in [2.05, 4.69) is 57.9 Å². The van der Waals surface area contributed by atoms with E-state index in [4.69, 9.17) is 0 Å². The Morgan fingerprint density at radius 1 is 0.903 bits per heavy atom. The van der Waals surface area contributed by atoms with Crippen LogP contribution in [0.25, 0.3) is 22.5 Å². The van der Waals surface area contributed by atoms with Gasteiger partial charge < -0.3 is 0 Å². The van der Waals surface area contributed by atoms with Crippen LogP contribution in [0.3, 0.4) is 0 Å². The maximum atomic E-state index is 13.0. The number of hydrogen-bond donors (Lipinski definition) is 1. The Morgan fingerprint density at radius 3 is 2.35 bits per heavy atom. The Hall–Kier alpha value is -4.00. The number of fused-ring (bicyclic) bond motifs is 1. The summed E-state index contributed by atoms with van der Waals surface area (Å²) in [6, 6.07) is 20.2. The summed E-state index contributed by atoms with van der Waals surface area (Å²) in [6.45, 7) is 2.14. The molecule has 7 nitrogen and oxygen atoms in total. The number of tetrazole rings is 1. The van der Waals surface area contributed by atoms with Crippen LogP contribution >= 0.6 is 0 Å². The highest BCUT2D eigenvalue weighted by Crippen LogP contribution is 2.30. The number of benzene rings is 2. The number of H-pyrrole nitrogens is 1. The molecule has 1 N–H and O–H groups in total. The van der Waals surface area contributed by atoms with Gasteiger partial charge in [-0.3, -0.25) is 9.31 Å². The number of aromatic nitrogens is 6. The third kappa shape index (κ3) is 3.44. The molecular formula is C24H22N6O. The molecule has 0 aliphatic heterocycles. The Morgan fingerprint density at radius 2 is 1.65 bits per heavy atom. The summed E-state index contributed by atoms with van der Waals surface area (Å²) < 4.78 is 3.66. The fourth-order valence-electron chi connectivity index (χ4n) is 4.09. The largest absolute Gasteiger partial charge is 0.274 e. The second-order valence-corrected chi connectivity index (χ2v) is 7.52. The van der Waals surface area contributed by atoms with E-state index < -0.39 is 0 Å². The fraction of sp³-hybridized carbons (Fsp3) is 0.167. The smallest absolute Gasteiger partial charge is 0.267 e. The number of nitrogens with one attached hydrogen (secondary N) is 1. The van der Waals surface area contributed by atoms with Crippen LogP contribution in [0.5, 0.6) is 0 Å². The minimum Gasteiger partial charge on any atom is -0.267 e. The van der Waals surface area contributed by atoms with Crippen molar-refractivity contribution in [1.29, 1.82) is 0 Å². The maximum absolute atomic E-state index is 13.0. The van der Waals surface area contributed by atoms with Crippen LogP contribution in [0.15, 0.2) is 77.9 Å². The van der Waals surface area contributed by atoms with Gasteiger partial charge in [0.1, 0.15) is 0 Å². The van der Waals surface area contributed by atoms with Crippen molar-refractivity contribution in [1.82, 2.24) is 29.7 Å². The third-order valence-corrected chi connectivity index (χ3v) is 5.55. The SMILES string of the molecule is CCCc1c(Cc2ccc(-c3ccccc3-c3nnn[nH]3)cc2)c(=O)n2ccccn12. The highest BCUT2D eigenvalue weighted by atomic mass is 16.1. The minimum absolute atomic E-state index is 0.0521. The molecule has 3 aromatic heterocycles. The average molecular weight is 410 g/mol. The molecule has 3 heterocycles. The molecule has 0 bridgehead atoms. The fourth-order valence-corrected chi connectivity index (χ4v) is 4.09. The molecule has 0 radical (unpaired) electrons. The zero-order valence-corrected chi connectivity index (χ0v) is 17.2. The molecule has 0 aliphatic carbocycles. The summed E-state index contributed by atoms with van der Waals surface area (Å²) in [7, 11) is 0. The first-order valence-electron chi connectivity index (χ1n) is 10.4. The summed E-state index contributed by atoms with van der Waals surface area (Å²) in [4.78, 5) is 13.0. The number of hydrogen-bond acceptors (Lipinski definition) is 4. The Bertz CT molecular complexity index is 1380. The van der Waals surface area contributed by atoms with E-state index in [9.17, 15) is 4.79 Å². The van der Waals surface area contributed by atoms with Crippen molar-refractivity contribution >= 4 is 0 Å². The highest BCUT2D eigenvalue weighted by Gasteiger charge is 2.16. The third-order valence-electron chi connectivity index (χ3n) is 5.55. The predicted molar refractivity (Wildman–Crippen MR) is 119 cm³/mol. The average Bonchev–Trinajstić information content (AvgIpc) is 3.44. The maximum Gasteiger partial charge on any atom is 0.274 e. The lowest BCUT2D eigenvalue weighted by molar-refractivity contribution is 0.735. The molecule has 7 heteroatoms. The van der Waals surface area contributed by atoms with Crippen LogP contribution < -0.4 is 5.56 Å². The van der Waals surface area contributed by atoms with Crippen molar-refractivity contribution < 1.29 is 0 Å². The Balaban J connectivity index is 1.50. The van der Waals surface area contributed by atoms with Crippen molar-refractivity contribution in [2.24, 2.45) is 0 Å². The van der Waals surface area contributed by atoms with Crippen molar-refractivity contribution in [3.8, 4) is 22.5 Å². The molecule has 0 fully saturated rings. The molecular weight excluding hydrogens is 388 g/mol. The first kappa shape index (κ1) is 19.0. The van der Waals surface area contributed by atoms with Crippen LogP contribution in [0.4, 0.5) is 0 Å². The van der Waals surface area contributed by atoms with Crippen molar-refractivity contribution in [3.05, 3.63) is 100 Å². The van der Waals surface area contributed by atoms with Gasteiger partial charge in [0.2, 0.25) is 0 Å². The minimum atomic E-state index is 0.0521. The summed E-state index contributed by atoms with van der Waals surface area (Å²) >= 11 is 0. The molecule has 5 rings (SSSR count). The van der Waals surface area contributed by atoms with Gasteiger partial charge in [0.15, 0.2) is 5.82 Å². The van der Waals surface area contributed by atoms with Gasteiger partial charge in [0, 0.05) is 35.6 Å². The zero-order valence-electron chi connectivity index (χ0n) is 17.2. The lowest BCUT2D eigenvalue weighted by Gasteiger charge is -2.09. The molecule has 0 saturated heterocycles. The van der Waals surface area contributed by atoms with Crippen LogP contribution in [-0.4, -0.2) is 29.7 Å². The number of aryl methyl sites for hydroxylation is 1. The first-order valence-corrected chi connectivity index (χ1v) is 10.4. The van der Waals surface area contributed by atoms with Crippen molar-refractivity contribution in [2.75, 3.05) is 0 Å². The predicted octanol–water partition coefficient (Wildman–Crippen LogP) is 3.79. The van der Waals surface area contributed by atoms with Gasteiger partial charge >= 0.3 is 0 Å². The van der Waals surface area contributed by atoms with Gasteiger partial charge in [-0.05, 0) is 45.7 Å². The number of aromatic amines is 1. The topological polar surface area (TPSA) is 80.3 Å². The Kier molecular flexibility index (Phi) is 4.92. The van der Waals surface area contributed by atoms with E-state index >= 15 is 0 Å². The van der Waals surface area contributed by atoms with Gasteiger partial charge in [0.05, 0.1) is 0 Å². The Labute approximate surface area is 179 Å². The van der Waals surface area contributed by atoms with E-state index in [0.717, 1.165) is 46.4 Å². The van der Waals surface area contributed by atoms with Crippen LogP contribution in [0.1, 0.15) is 30.2 Å². The molecule has 0 saturated carbocycles. The molecule has 2 aromatic carbocycles. The van der Waals surface area contributed by atoms with E-state index in [1.165, 1.54) is 0 Å². The summed E-state index contributed by atoms with van der Waals surface area (Å²) in [6.07, 6.45) is 6.24. The van der Waals surface area contributed by atoms with Gasteiger partial charge in [0.25, 0.3) is 5.56 Å². The molecule has 0 amide bonds. The molecule has 0 atom stereocenters. The van der Waals surface area contributed by atoms with Gasteiger partial charge in [-0.2, -0.15) is 0 Å². The van der Waals surface area contributed by atoms with Crippen molar-refractivity contribution in [2.45, 2.75) is 26.2 Å². The molecule has 154 valence electrons. The monoisotopic (exact) mass is 410 g/mol. The molecule has 5 aromatic rings. The lowest BCUT2D eigenvalue weighted by atomic mass is 9.96. The normalized spacial score (nSPS) is 11.3. The van der Waals surface area contributed by atoms with Crippen LogP contribution in [0, 0.1) is 0 Å². The second-order valence-electron chi connectivity index (χ2n) is 7.52. The summed E-state index contributed by atoms with van der Waals surface area (Å²) in [5.41, 5.74) is 6.17. The van der Waals surface area contributed by atoms with Gasteiger partial charge in [-0.15, -0.1) is 5.10 Å². The molecule has 0 unspecified atom stereocenters. The molecule has 31 heavy (non-hydrogen) atoms. The summed E-state index contributed by atoms with van der Waals surface area (Å²) in [5, 5.41) is 14.3. The van der Waals surface area contributed by atoms with Crippen molar-refractivity contribution in [3.63, 3.8) is 0 Å². The van der Waals surface area contributed by atoms with Crippen LogP contribution in [-0.2, 0) is 12.8 Å². The molecule has 0 spiro atoms. The summed E-state index contributed by atoms with van der Waals surface area (Å²) in [5.74, 6) is 0.636. The van der Waals surface area contributed by atoms with E-state index in [0.29, 0.717) is 12.2 Å². The van der Waals surface area contributed by atoms with E-state index in [1.54, 1.807) is 4.52 Å². The molecule has 0 aliphatic rings. The lowest BCUT2D eigenvalue weighted by Crippen LogP contribution is -2.13. The van der Waals surface area contributed by atoms with E-state index in [1.807, 2.05) is 47.2 Å². The number of rotatable bonds is 6. The highest BCUT2D eigenvalue weighted by molar-refractivity contribution is 5.80. The van der Waals surface area contributed by atoms with E-state index in [-0.39, 0.29) is 5.56 Å². The van der Waals surface area contributed by atoms with Crippen LogP contribution in [0.2, 0.25) is 0 Å². The van der Waals surface area contributed by atoms with Gasteiger partial charge in [-0.25, -0.2) is 9.61 Å². The standard InChI is InChI=1S/C24H22N6O/c1-2-7-22-21(24(31)30-15-6-5-14-29(22)30)16-17-10-12-18(13-11-17)19-8-3-4-9-20(19)23-25-27-28-26-23/h3-6,8-15H,2,7,16H2,1H3,(H,25,26,27,28).